The van der Waals surface area contributed by atoms with E-state index < -0.39 is 5.97 Å². The van der Waals surface area contributed by atoms with Gasteiger partial charge >= 0.3 is 11.9 Å². The molecule has 0 radical (unpaired) electrons. The molecule has 18 heavy (non-hydrogen) atoms. The zero-order chi connectivity index (χ0) is 13.5. The molecule has 1 aromatic carbocycles. The number of methoxy groups -OCH3 is 2. The maximum absolute atomic E-state index is 11.4. The predicted molar refractivity (Wildman–Crippen MR) is 67.7 cm³/mol. The van der Waals surface area contributed by atoms with Crippen LogP contribution in [0.15, 0.2) is 18.2 Å². The Morgan fingerprint density at radius 3 is 2.44 bits per heavy atom. The summed E-state index contributed by atoms with van der Waals surface area (Å²) >= 11 is 5.81. The summed E-state index contributed by atoms with van der Waals surface area (Å²) in [7, 11) is 2.67. The summed E-state index contributed by atoms with van der Waals surface area (Å²) in [5, 5.41) is 0. The van der Waals surface area contributed by atoms with Gasteiger partial charge in [0, 0.05) is 12.3 Å². The minimum Gasteiger partial charge on any atom is -0.469 e. The van der Waals surface area contributed by atoms with Gasteiger partial charge in [-0.25, -0.2) is 4.79 Å². The van der Waals surface area contributed by atoms with E-state index in [0.717, 1.165) is 11.1 Å². The van der Waals surface area contributed by atoms with Crippen LogP contribution in [0.4, 0.5) is 0 Å². The van der Waals surface area contributed by atoms with Crippen LogP contribution in [0.1, 0.15) is 27.9 Å². The Balaban J connectivity index is 2.91. The number of aryl methyl sites for hydroxylation is 1. The molecular formula is C13H15ClO4. The van der Waals surface area contributed by atoms with Crippen LogP contribution in [0.2, 0.25) is 0 Å². The smallest absolute Gasteiger partial charge is 0.337 e. The Bertz CT molecular complexity index is 443. The van der Waals surface area contributed by atoms with Crippen LogP contribution in [0.5, 0.6) is 0 Å². The SMILES string of the molecule is COC(=O)CCc1cc(C(=O)OC)ccc1CCl. The van der Waals surface area contributed by atoms with Crippen molar-refractivity contribution in [2.75, 3.05) is 14.2 Å². The molecule has 4 nitrogen and oxygen atoms in total. The number of esters is 2. The Morgan fingerprint density at radius 1 is 1.17 bits per heavy atom. The Hall–Kier alpha value is -1.55. The molecule has 0 aromatic heterocycles. The topological polar surface area (TPSA) is 52.6 Å². The normalized spacial score (nSPS) is 9.94. The van der Waals surface area contributed by atoms with Gasteiger partial charge in [-0.2, -0.15) is 0 Å². The van der Waals surface area contributed by atoms with Gasteiger partial charge in [-0.1, -0.05) is 6.07 Å². The monoisotopic (exact) mass is 270 g/mol. The van der Waals surface area contributed by atoms with Crippen molar-refractivity contribution in [3.8, 4) is 0 Å². The second kappa shape index (κ2) is 7.01. The summed E-state index contributed by atoms with van der Waals surface area (Å²) < 4.78 is 9.23. The lowest BCUT2D eigenvalue weighted by Gasteiger charge is -2.08. The minimum absolute atomic E-state index is 0.255. The van der Waals surface area contributed by atoms with Crippen molar-refractivity contribution in [3.63, 3.8) is 0 Å². The number of carbonyl (C=O) groups is 2. The fourth-order valence-electron chi connectivity index (χ4n) is 1.57. The second-order valence-electron chi connectivity index (χ2n) is 3.68. The molecular weight excluding hydrogens is 256 g/mol. The number of carbonyl (C=O) groups excluding carboxylic acids is 2. The number of hydrogen-bond donors (Lipinski definition) is 0. The Labute approximate surface area is 111 Å². The molecule has 1 rings (SSSR count). The van der Waals surface area contributed by atoms with Crippen molar-refractivity contribution < 1.29 is 19.1 Å². The van der Waals surface area contributed by atoms with E-state index in [9.17, 15) is 9.59 Å². The van der Waals surface area contributed by atoms with Crippen molar-refractivity contribution in [1.29, 1.82) is 0 Å². The quantitative estimate of drug-likeness (QED) is 0.609. The van der Waals surface area contributed by atoms with Crippen LogP contribution in [-0.4, -0.2) is 26.2 Å². The number of benzene rings is 1. The molecule has 0 N–H and O–H groups in total. The second-order valence-corrected chi connectivity index (χ2v) is 3.95. The third kappa shape index (κ3) is 3.74. The first-order valence-corrected chi connectivity index (χ1v) is 5.98. The molecule has 0 fully saturated rings. The molecule has 0 atom stereocenters. The maximum Gasteiger partial charge on any atom is 0.337 e. The number of rotatable bonds is 5. The number of halogens is 1. The highest BCUT2D eigenvalue weighted by atomic mass is 35.5. The molecule has 0 unspecified atom stereocenters. The zero-order valence-corrected chi connectivity index (χ0v) is 11.1. The highest BCUT2D eigenvalue weighted by Crippen LogP contribution is 2.17. The van der Waals surface area contributed by atoms with E-state index in [1.165, 1.54) is 14.2 Å². The fraction of sp³-hybridized carbons (Fsp3) is 0.385. The molecule has 0 bridgehead atoms. The first kappa shape index (κ1) is 14.5. The van der Waals surface area contributed by atoms with Gasteiger partial charge < -0.3 is 9.47 Å². The van der Waals surface area contributed by atoms with Crippen LogP contribution in [0, 0.1) is 0 Å². The number of alkyl halides is 1. The third-order valence-electron chi connectivity index (χ3n) is 2.60. The van der Waals surface area contributed by atoms with Crippen molar-refractivity contribution in [3.05, 3.63) is 34.9 Å². The first-order valence-electron chi connectivity index (χ1n) is 5.45. The summed E-state index contributed by atoms with van der Waals surface area (Å²) in [6, 6.07) is 5.13. The van der Waals surface area contributed by atoms with Crippen LogP contribution < -0.4 is 0 Å². The number of ether oxygens (including phenoxy) is 2. The molecule has 0 saturated heterocycles. The molecule has 0 spiro atoms. The summed E-state index contributed by atoms with van der Waals surface area (Å²) in [5.41, 5.74) is 2.21. The summed E-state index contributed by atoms with van der Waals surface area (Å²) in [5.74, 6) is -0.368. The summed E-state index contributed by atoms with van der Waals surface area (Å²) in [6.45, 7) is 0. The molecule has 98 valence electrons. The van der Waals surface area contributed by atoms with E-state index in [4.69, 9.17) is 11.6 Å². The van der Waals surface area contributed by atoms with Gasteiger partial charge in [0.15, 0.2) is 0 Å². The predicted octanol–water partition coefficient (Wildman–Crippen LogP) is 2.32. The van der Waals surface area contributed by atoms with E-state index in [1.54, 1.807) is 18.2 Å². The molecule has 1 aromatic rings. The minimum atomic E-state index is -0.407. The summed E-state index contributed by atoms with van der Waals surface area (Å²) in [6.07, 6.45) is 0.741. The molecule has 0 amide bonds. The Kier molecular flexibility index (Phi) is 5.65. The standard InChI is InChI=1S/C13H15ClO4/c1-17-12(15)6-5-9-7-10(13(16)18-2)3-4-11(9)8-14/h3-4,7H,5-6,8H2,1-2H3. The van der Waals surface area contributed by atoms with Crippen molar-refractivity contribution in [1.82, 2.24) is 0 Å². The van der Waals surface area contributed by atoms with Crippen molar-refractivity contribution in [2.45, 2.75) is 18.7 Å². The highest BCUT2D eigenvalue weighted by molar-refractivity contribution is 6.17. The maximum atomic E-state index is 11.4. The lowest BCUT2D eigenvalue weighted by atomic mass is 10.0. The molecule has 0 aliphatic rings. The lowest BCUT2D eigenvalue weighted by Crippen LogP contribution is -2.06. The molecule has 5 heteroatoms. The third-order valence-corrected chi connectivity index (χ3v) is 2.89. The molecule has 0 aliphatic carbocycles. The molecule has 0 aliphatic heterocycles. The average molecular weight is 271 g/mol. The van der Waals surface area contributed by atoms with Gasteiger partial charge in [0.05, 0.1) is 19.8 Å². The van der Waals surface area contributed by atoms with Crippen LogP contribution in [0.3, 0.4) is 0 Å². The summed E-state index contributed by atoms with van der Waals surface area (Å²) in [4.78, 5) is 22.5. The lowest BCUT2D eigenvalue weighted by molar-refractivity contribution is -0.140. The van der Waals surface area contributed by atoms with Gasteiger partial charge in [0.2, 0.25) is 0 Å². The highest BCUT2D eigenvalue weighted by Gasteiger charge is 2.11. The zero-order valence-electron chi connectivity index (χ0n) is 10.4. The van der Waals surface area contributed by atoms with Gasteiger partial charge in [0.25, 0.3) is 0 Å². The molecule has 0 saturated carbocycles. The van der Waals surface area contributed by atoms with E-state index in [-0.39, 0.29) is 12.4 Å². The van der Waals surface area contributed by atoms with Gasteiger partial charge in [0.1, 0.15) is 0 Å². The number of hydrogen-bond acceptors (Lipinski definition) is 4. The van der Waals surface area contributed by atoms with Crippen LogP contribution in [-0.2, 0) is 26.6 Å². The van der Waals surface area contributed by atoms with Crippen LogP contribution >= 0.6 is 11.6 Å². The average Bonchev–Trinajstić information content (AvgIpc) is 2.43. The van der Waals surface area contributed by atoms with Crippen molar-refractivity contribution in [2.24, 2.45) is 0 Å². The van der Waals surface area contributed by atoms with Gasteiger partial charge in [-0.3, -0.25) is 4.79 Å². The van der Waals surface area contributed by atoms with E-state index >= 15 is 0 Å². The van der Waals surface area contributed by atoms with Crippen LogP contribution in [0.25, 0.3) is 0 Å². The Morgan fingerprint density at radius 2 is 1.89 bits per heavy atom. The van der Waals surface area contributed by atoms with Gasteiger partial charge in [-0.15, -0.1) is 11.6 Å². The fourth-order valence-corrected chi connectivity index (χ4v) is 1.83. The van der Waals surface area contributed by atoms with E-state index in [0.29, 0.717) is 17.9 Å². The van der Waals surface area contributed by atoms with Gasteiger partial charge in [-0.05, 0) is 29.7 Å². The largest absolute Gasteiger partial charge is 0.469 e. The molecule has 0 heterocycles. The van der Waals surface area contributed by atoms with Crippen molar-refractivity contribution >= 4 is 23.5 Å². The first-order chi connectivity index (χ1) is 8.62. The van der Waals surface area contributed by atoms with E-state index in [2.05, 4.69) is 9.47 Å². The van der Waals surface area contributed by atoms with E-state index in [1.807, 2.05) is 0 Å².